The van der Waals surface area contributed by atoms with E-state index in [-0.39, 0.29) is 43.2 Å². The number of carbonyl (C=O) groups is 1. The van der Waals surface area contributed by atoms with Gasteiger partial charge in [-0.25, -0.2) is 13.6 Å². The fraction of sp³-hybridized carbons (Fsp3) is 0.194. The van der Waals surface area contributed by atoms with E-state index in [0.29, 0.717) is 0 Å². The van der Waals surface area contributed by atoms with Crippen molar-refractivity contribution < 1.29 is 32.2 Å². The Morgan fingerprint density at radius 2 is 1.73 bits per heavy atom. The first-order chi connectivity index (χ1) is 19.9. The molecule has 1 atom stereocenters. The Kier molecular flexibility index (Phi) is 8.06. The summed E-state index contributed by atoms with van der Waals surface area (Å²) in [4.78, 5) is 17.4. The van der Waals surface area contributed by atoms with E-state index < -0.39 is 41.2 Å². The van der Waals surface area contributed by atoms with Crippen molar-refractivity contribution in [1.29, 1.82) is 5.26 Å². The van der Waals surface area contributed by atoms with Gasteiger partial charge in [0.05, 0.1) is 29.8 Å². The molecule has 208 valence electrons. The summed E-state index contributed by atoms with van der Waals surface area (Å²) in [5, 5.41) is 9.39. The Morgan fingerprint density at radius 1 is 1.00 bits per heavy atom. The van der Waals surface area contributed by atoms with Crippen LogP contribution in [0.4, 0.5) is 18.0 Å². The smallest absolute Gasteiger partial charge is 0.410 e. The van der Waals surface area contributed by atoms with Crippen LogP contribution in [0.2, 0.25) is 0 Å². The molecule has 1 aliphatic heterocycles. The highest BCUT2D eigenvalue weighted by atomic mass is 19.2. The molecule has 3 aromatic carbocycles. The molecular weight excluding hydrogens is 535 g/mol. The molecule has 0 radical (unpaired) electrons. The molecule has 1 amide bonds. The van der Waals surface area contributed by atoms with Crippen LogP contribution >= 0.6 is 0 Å². The molecule has 0 bridgehead atoms. The predicted octanol–water partition coefficient (Wildman–Crippen LogP) is 7.00. The summed E-state index contributed by atoms with van der Waals surface area (Å²) in [6.45, 7) is 1.77. The number of nitrogens with zero attached hydrogens (tertiary/aromatic N) is 3. The zero-order valence-corrected chi connectivity index (χ0v) is 21.9. The average molecular weight is 560 g/mol. The normalized spacial score (nSPS) is 14.1. The minimum absolute atomic E-state index is 0.000372. The van der Waals surface area contributed by atoms with Crippen molar-refractivity contribution in [1.82, 2.24) is 9.88 Å². The van der Waals surface area contributed by atoms with Gasteiger partial charge in [0, 0.05) is 12.6 Å². The van der Waals surface area contributed by atoms with Gasteiger partial charge in [0.15, 0.2) is 23.1 Å². The minimum Gasteiger partial charge on any atom is -0.485 e. The van der Waals surface area contributed by atoms with Gasteiger partial charge in [-0.05, 0) is 42.2 Å². The van der Waals surface area contributed by atoms with Crippen molar-refractivity contribution in [3.05, 3.63) is 118 Å². The maximum atomic E-state index is 16.1. The molecule has 5 rings (SSSR count). The lowest BCUT2D eigenvalue weighted by molar-refractivity contribution is 0.0800. The number of pyridine rings is 1. The van der Waals surface area contributed by atoms with Crippen LogP contribution in [0.25, 0.3) is 0 Å². The minimum atomic E-state index is -1.61. The van der Waals surface area contributed by atoms with E-state index >= 15 is 8.78 Å². The van der Waals surface area contributed by atoms with E-state index in [4.69, 9.17) is 14.2 Å². The quantitative estimate of drug-likeness (QED) is 0.227. The lowest BCUT2D eigenvalue weighted by atomic mass is 9.90. The van der Waals surface area contributed by atoms with Crippen molar-refractivity contribution in [3.8, 4) is 23.4 Å². The van der Waals surface area contributed by atoms with E-state index in [1.165, 1.54) is 18.2 Å². The van der Waals surface area contributed by atoms with Gasteiger partial charge < -0.3 is 14.2 Å². The van der Waals surface area contributed by atoms with Crippen LogP contribution in [0.1, 0.15) is 40.8 Å². The van der Waals surface area contributed by atoms with Crippen molar-refractivity contribution in [2.24, 2.45) is 0 Å². The van der Waals surface area contributed by atoms with Crippen molar-refractivity contribution >= 4 is 6.09 Å². The molecule has 1 aromatic heterocycles. The zero-order valence-electron chi connectivity index (χ0n) is 21.9. The number of hydrogen-bond acceptors (Lipinski definition) is 6. The summed E-state index contributed by atoms with van der Waals surface area (Å²) < 4.78 is 62.9. The highest BCUT2D eigenvalue weighted by molar-refractivity contribution is 5.69. The van der Waals surface area contributed by atoms with E-state index in [1.54, 1.807) is 31.2 Å². The van der Waals surface area contributed by atoms with E-state index in [9.17, 15) is 14.4 Å². The number of carbonyl (C=O) groups excluding carboxylic acids is 1. The van der Waals surface area contributed by atoms with Gasteiger partial charge in [0.1, 0.15) is 6.61 Å². The zero-order chi connectivity index (χ0) is 28.9. The second-order valence-electron chi connectivity index (χ2n) is 9.21. The second-order valence-corrected chi connectivity index (χ2v) is 9.21. The first-order valence-electron chi connectivity index (χ1n) is 12.8. The number of halogens is 3. The van der Waals surface area contributed by atoms with Gasteiger partial charge in [-0.2, -0.15) is 14.6 Å². The maximum Gasteiger partial charge on any atom is 0.410 e. The van der Waals surface area contributed by atoms with Crippen molar-refractivity contribution in [2.45, 2.75) is 32.5 Å². The fourth-order valence-corrected chi connectivity index (χ4v) is 4.67. The maximum absolute atomic E-state index is 16.1. The van der Waals surface area contributed by atoms with Gasteiger partial charge in [-0.15, -0.1) is 0 Å². The van der Waals surface area contributed by atoms with E-state index in [2.05, 4.69) is 4.98 Å². The monoisotopic (exact) mass is 559 g/mol. The molecule has 0 aliphatic carbocycles. The van der Waals surface area contributed by atoms with E-state index in [1.807, 2.05) is 36.4 Å². The lowest BCUT2D eigenvalue weighted by Crippen LogP contribution is -2.40. The highest BCUT2D eigenvalue weighted by Gasteiger charge is 2.38. The summed E-state index contributed by atoms with van der Waals surface area (Å²) in [7, 11) is 0. The molecule has 1 aliphatic rings. The van der Waals surface area contributed by atoms with Crippen LogP contribution in [-0.4, -0.2) is 22.6 Å². The number of aromatic nitrogens is 1. The van der Waals surface area contributed by atoms with Gasteiger partial charge in [0.25, 0.3) is 11.8 Å². The predicted molar refractivity (Wildman–Crippen MR) is 142 cm³/mol. The van der Waals surface area contributed by atoms with Crippen LogP contribution in [0.15, 0.2) is 72.8 Å². The molecule has 0 saturated carbocycles. The van der Waals surface area contributed by atoms with Crippen LogP contribution in [-0.2, 0) is 24.3 Å². The molecule has 0 fully saturated rings. The summed E-state index contributed by atoms with van der Waals surface area (Å²) in [6, 6.07) is 21.2. The molecular formula is C31H24F3N3O4. The first kappa shape index (κ1) is 27.5. The molecule has 4 aromatic rings. The Hall–Kier alpha value is -5.04. The number of fused-ring (bicyclic) bond motifs is 1. The molecule has 2 heterocycles. The molecule has 41 heavy (non-hydrogen) atoms. The third kappa shape index (κ3) is 5.79. The van der Waals surface area contributed by atoms with E-state index in [0.717, 1.165) is 21.6 Å². The lowest BCUT2D eigenvalue weighted by Gasteiger charge is -2.36. The highest BCUT2D eigenvalue weighted by Crippen LogP contribution is 2.40. The van der Waals surface area contributed by atoms with Gasteiger partial charge in [0.2, 0.25) is 0 Å². The Balaban J connectivity index is 1.54. The van der Waals surface area contributed by atoms with Crippen molar-refractivity contribution in [3.63, 3.8) is 0 Å². The second kappa shape index (κ2) is 12.0. The number of nitriles is 1. The summed E-state index contributed by atoms with van der Waals surface area (Å²) in [6.07, 6.45) is -0.801. The number of ether oxygens (including phenoxy) is 3. The van der Waals surface area contributed by atoms with Gasteiger partial charge in [-0.1, -0.05) is 54.6 Å². The van der Waals surface area contributed by atoms with Crippen molar-refractivity contribution in [2.75, 3.05) is 6.61 Å². The molecule has 1 unspecified atom stereocenters. The Labute approximate surface area is 234 Å². The fourth-order valence-electron chi connectivity index (χ4n) is 4.67. The summed E-state index contributed by atoms with van der Waals surface area (Å²) in [5.41, 5.74) is 1.79. The SMILES string of the molecule is CCOC(=O)N1Cc2ccccc2CC1c1c(F)c(F)nc(Oc2cc(C#N)ccc2OCc2ccccc2)c1F. The molecule has 0 N–H and O–H groups in total. The standard InChI is InChI=1S/C31H24F3N3O4/c1-2-39-31(38)37-17-22-11-7-6-10-21(22)15-23(37)26-27(32)29(34)36-30(28(26)33)41-25-14-20(16-35)12-13-24(25)40-18-19-8-4-3-5-9-19/h3-14,23H,2,15,17-18H2,1H3. The van der Waals surface area contributed by atoms with Crippen LogP contribution in [0.3, 0.4) is 0 Å². The first-order valence-corrected chi connectivity index (χ1v) is 12.8. The van der Waals surface area contributed by atoms with Crippen LogP contribution in [0.5, 0.6) is 17.4 Å². The third-order valence-corrected chi connectivity index (χ3v) is 6.64. The number of rotatable bonds is 7. The Bertz CT molecular complexity index is 1630. The number of amides is 1. The van der Waals surface area contributed by atoms with Gasteiger partial charge in [-0.3, -0.25) is 4.90 Å². The molecule has 10 heteroatoms. The summed E-state index contributed by atoms with van der Waals surface area (Å²) in [5.74, 6) is -5.32. The molecule has 0 spiro atoms. The van der Waals surface area contributed by atoms with Crippen LogP contribution < -0.4 is 9.47 Å². The van der Waals surface area contributed by atoms with Gasteiger partial charge >= 0.3 is 6.09 Å². The topological polar surface area (TPSA) is 84.7 Å². The largest absolute Gasteiger partial charge is 0.485 e. The summed E-state index contributed by atoms with van der Waals surface area (Å²) >= 11 is 0. The van der Waals surface area contributed by atoms with Crippen LogP contribution in [0, 0.1) is 28.9 Å². The average Bonchev–Trinajstić information content (AvgIpc) is 2.99. The molecule has 7 nitrogen and oxygen atoms in total. The molecule has 0 saturated heterocycles. The number of benzene rings is 3. The number of hydrogen-bond donors (Lipinski definition) is 0. The third-order valence-electron chi connectivity index (χ3n) is 6.64. The Morgan fingerprint density at radius 3 is 2.46 bits per heavy atom.